The highest BCUT2D eigenvalue weighted by Gasteiger charge is 2.20. The molecule has 1 amide bonds. The molecule has 0 saturated carbocycles. The summed E-state index contributed by atoms with van der Waals surface area (Å²) in [4.78, 5) is 15.8. The normalized spacial score (nSPS) is 24.2. The Hall–Kier alpha value is -1.43. The highest BCUT2D eigenvalue weighted by Crippen LogP contribution is 2.10. The molecule has 1 fully saturated rings. The third-order valence-electron chi connectivity index (χ3n) is 2.74. The second kappa shape index (κ2) is 5.27. The topological polar surface area (TPSA) is 85.1 Å². The maximum absolute atomic E-state index is 11.8. The lowest BCUT2D eigenvalue weighted by molar-refractivity contribution is 0.0929. The quantitative estimate of drug-likeness (QED) is 0.794. The lowest BCUT2D eigenvalue weighted by Crippen LogP contribution is -2.39. The number of nitrogens with one attached hydrogen (secondary N) is 1. The molecule has 1 aliphatic heterocycles. The lowest BCUT2D eigenvalue weighted by atomic mass is 10.1. The highest BCUT2D eigenvalue weighted by atomic mass is 32.2. The number of nitrogen functional groups attached to an aromatic ring is 1. The van der Waals surface area contributed by atoms with Crippen LogP contribution in [0, 0.1) is 0 Å². The zero-order valence-corrected chi connectivity index (χ0v) is 10.2. The van der Waals surface area contributed by atoms with Crippen LogP contribution in [0.1, 0.15) is 23.3 Å². The second-order valence-corrected chi connectivity index (χ2v) is 5.77. The SMILES string of the molecule is Nc1ccnc(C(=O)NC2CCS(=O)CC2)c1. The minimum absolute atomic E-state index is 0.100. The minimum Gasteiger partial charge on any atom is -0.399 e. The van der Waals surface area contributed by atoms with Gasteiger partial charge < -0.3 is 11.1 Å². The van der Waals surface area contributed by atoms with E-state index in [0.717, 1.165) is 12.8 Å². The Morgan fingerprint density at radius 1 is 1.47 bits per heavy atom. The van der Waals surface area contributed by atoms with Crippen LogP contribution in [0.4, 0.5) is 5.69 Å². The molecule has 17 heavy (non-hydrogen) atoms. The van der Waals surface area contributed by atoms with E-state index in [1.165, 1.54) is 6.20 Å². The number of pyridine rings is 1. The van der Waals surface area contributed by atoms with E-state index in [-0.39, 0.29) is 11.9 Å². The Bertz CT molecular complexity index is 440. The van der Waals surface area contributed by atoms with Crippen molar-refractivity contribution in [2.24, 2.45) is 0 Å². The first kappa shape index (κ1) is 12.0. The van der Waals surface area contributed by atoms with Crippen molar-refractivity contribution in [1.82, 2.24) is 10.3 Å². The van der Waals surface area contributed by atoms with Gasteiger partial charge in [-0.1, -0.05) is 0 Å². The van der Waals surface area contributed by atoms with Gasteiger partial charge in [-0.15, -0.1) is 0 Å². The summed E-state index contributed by atoms with van der Waals surface area (Å²) in [7, 11) is -0.711. The van der Waals surface area contributed by atoms with Gasteiger partial charge in [0.25, 0.3) is 5.91 Å². The summed E-state index contributed by atoms with van der Waals surface area (Å²) >= 11 is 0. The first-order chi connectivity index (χ1) is 8.15. The molecule has 6 heteroatoms. The molecule has 2 rings (SSSR count). The largest absolute Gasteiger partial charge is 0.399 e. The number of aromatic nitrogens is 1. The van der Waals surface area contributed by atoms with Crippen LogP contribution in [0.25, 0.3) is 0 Å². The number of nitrogens with zero attached hydrogens (tertiary/aromatic N) is 1. The molecule has 1 aliphatic rings. The second-order valence-electron chi connectivity index (χ2n) is 4.07. The first-order valence-corrected chi connectivity index (χ1v) is 7.01. The summed E-state index contributed by atoms with van der Waals surface area (Å²) in [6.45, 7) is 0. The molecule has 1 saturated heterocycles. The first-order valence-electron chi connectivity index (χ1n) is 5.52. The van der Waals surface area contributed by atoms with E-state index in [9.17, 15) is 9.00 Å². The molecule has 0 radical (unpaired) electrons. The van der Waals surface area contributed by atoms with E-state index in [0.29, 0.717) is 22.9 Å². The summed E-state index contributed by atoms with van der Waals surface area (Å²) in [6.07, 6.45) is 3.04. The van der Waals surface area contributed by atoms with Gasteiger partial charge in [0.1, 0.15) is 5.69 Å². The molecule has 3 N–H and O–H groups in total. The Morgan fingerprint density at radius 3 is 2.82 bits per heavy atom. The highest BCUT2D eigenvalue weighted by molar-refractivity contribution is 7.85. The fourth-order valence-corrected chi connectivity index (χ4v) is 3.07. The number of anilines is 1. The minimum atomic E-state index is -0.711. The van der Waals surface area contributed by atoms with Gasteiger partial charge >= 0.3 is 0 Å². The van der Waals surface area contributed by atoms with Crippen LogP contribution in [0.2, 0.25) is 0 Å². The molecule has 92 valence electrons. The molecule has 1 aromatic heterocycles. The Morgan fingerprint density at radius 2 is 2.18 bits per heavy atom. The van der Waals surface area contributed by atoms with Crippen LogP contribution in [-0.2, 0) is 10.8 Å². The molecule has 0 atom stereocenters. The maximum Gasteiger partial charge on any atom is 0.270 e. The number of carbonyl (C=O) groups excluding carboxylic acids is 1. The van der Waals surface area contributed by atoms with E-state index in [4.69, 9.17) is 5.73 Å². The summed E-state index contributed by atoms with van der Waals surface area (Å²) in [6, 6.07) is 3.29. The summed E-state index contributed by atoms with van der Waals surface area (Å²) in [5.74, 6) is 1.11. The van der Waals surface area contributed by atoms with Gasteiger partial charge in [-0.3, -0.25) is 14.0 Å². The molecule has 0 aromatic carbocycles. The van der Waals surface area contributed by atoms with Gasteiger partial charge in [-0.2, -0.15) is 0 Å². The van der Waals surface area contributed by atoms with Crippen LogP contribution in [0.15, 0.2) is 18.3 Å². The van der Waals surface area contributed by atoms with Gasteiger partial charge in [-0.25, -0.2) is 0 Å². The number of hydrogen-bond donors (Lipinski definition) is 2. The van der Waals surface area contributed by atoms with Crippen LogP contribution in [0.3, 0.4) is 0 Å². The summed E-state index contributed by atoms with van der Waals surface area (Å²) < 4.78 is 11.2. The van der Waals surface area contributed by atoms with Crippen molar-refractivity contribution in [2.45, 2.75) is 18.9 Å². The van der Waals surface area contributed by atoms with Gasteiger partial charge in [0.15, 0.2) is 0 Å². The maximum atomic E-state index is 11.8. The summed E-state index contributed by atoms with van der Waals surface area (Å²) in [5, 5.41) is 2.89. The van der Waals surface area contributed by atoms with E-state index in [1.807, 2.05) is 0 Å². The van der Waals surface area contributed by atoms with Crippen LogP contribution >= 0.6 is 0 Å². The number of amides is 1. The van der Waals surface area contributed by atoms with E-state index in [2.05, 4.69) is 10.3 Å². The molecule has 5 nitrogen and oxygen atoms in total. The molecular weight excluding hydrogens is 238 g/mol. The predicted molar refractivity (Wildman–Crippen MR) is 67.0 cm³/mol. The van der Waals surface area contributed by atoms with Crippen LogP contribution < -0.4 is 11.1 Å². The van der Waals surface area contributed by atoms with Crippen molar-refractivity contribution in [3.8, 4) is 0 Å². The predicted octanol–water partition coefficient (Wildman–Crippen LogP) is 0.305. The molecule has 0 unspecified atom stereocenters. The van der Waals surface area contributed by atoms with Crippen molar-refractivity contribution < 1.29 is 9.00 Å². The van der Waals surface area contributed by atoms with Crippen molar-refractivity contribution in [3.05, 3.63) is 24.0 Å². The van der Waals surface area contributed by atoms with Crippen molar-refractivity contribution in [2.75, 3.05) is 17.2 Å². The van der Waals surface area contributed by atoms with Crippen molar-refractivity contribution >= 4 is 22.4 Å². The Kier molecular flexibility index (Phi) is 3.73. The molecule has 2 heterocycles. The molecule has 1 aromatic rings. The lowest BCUT2D eigenvalue weighted by Gasteiger charge is -2.22. The number of nitrogens with two attached hydrogens (primary N) is 1. The zero-order valence-electron chi connectivity index (χ0n) is 9.39. The number of carbonyl (C=O) groups is 1. The van der Waals surface area contributed by atoms with E-state index < -0.39 is 10.8 Å². The fourth-order valence-electron chi connectivity index (χ4n) is 1.77. The Labute approximate surface area is 102 Å². The molecule has 0 spiro atoms. The summed E-state index contributed by atoms with van der Waals surface area (Å²) in [5.41, 5.74) is 6.44. The smallest absolute Gasteiger partial charge is 0.270 e. The number of rotatable bonds is 2. The van der Waals surface area contributed by atoms with E-state index in [1.54, 1.807) is 12.1 Å². The monoisotopic (exact) mass is 253 g/mol. The molecular formula is C11H15N3O2S. The van der Waals surface area contributed by atoms with Crippen molar-refractivity contribution in [1.29, 1.82) is 0 Å². The molecule has 0 aliphatic carbocycles. The third kappa shape index (κ3) is 3.26. The van der Waals surface area contributed by atoms with Gasteiger partial charge in [-0.05, 0) is 25.0 Å². The average molecular weight is 253 g/mol. The van der Waals surface area contributed by atoms with Gasteiger partial charge in [0.2, 0.25) is 0 Å². The standard InChI is InChI=1S/C11H15N3O2S/c12-8-1-4-13-10(7-8)11(15)14-9-2-5-17(16)6-3-9/h1,4,7,9H,2-3,5-6H2,(H2,12,13)(H,14,15). The zero-order chi connectivity index (χ0) is 12.3. The van der Waals surface area contributed by atoms with Gasteiger partial charge in [0.05, 0.1) is 0 Å². The third-order valence-corrected chi connectivity index (χ3v) is 4.12. The Balaban J connectivity index is 1.95. The van der Waals surface area contributed by atoms with Crippen LogP contribution in [-0.4, -0.2) is 32.6 Å². The van der Waals surface area contributed by atoms with Crippen molar-refractivity contribution in [3.63, 3.8) is 0 Å². The fraction of sp³-hybridized carbons (Fsp3) is 0.455. The van der Waals surface area contributed by atoms with Crippen LogP contribution in [0.5, 0.6) is 0 Å². The van der Waals surface area contributed by atoms with Gasteiger partial charge in [0, 0.05) is 40.2 Å². The number of hydrogen-bond acceptors (Lipinski definition) is 4. The average Bonchev–Trinajstić information content (AvgIpc) is 2.32. The van der Waals surface area contributed by atoms with E-state index >= 15 is 0 Å². The molecule has 0 bridgehead atoms.